The average molecular weight is 302 g/mol. The number of aromatic amines is 1. The monoisotopic (exact) mass is 302 g/mol. The summed E-state index contributed by atoms with van der Waals surface area (Å²) in [5.41, 5.74) is -2.48. The van der Waals surface area contributed by atoms with E-state index in [2.05, 4.69) is 9.72 Å². The van der Waals surface area contributed by atoms with Gasteiger partial charge < -0.3 is 9.72 Å². The van der Waals surface area contributed by atoms with E-state index in [1.807, 2.05) is 0 Å². The van der Waals surface area contributed by atoms with E-state index in [0.717, 1.165) is 18.2 Å². The van der Waals surface area contributed by atoms with Gasteiger partial charge in [-0.05, 0) is 13.0 Å². The third kappa shape index (κ3) is 2.67. The minimum absolute atomic E-state index is 0.0315. The molecule has 0 aliphatic carbocycles. The molecule has 0 saturated carbocycles. The minimum atomic E-state index is -4.81. The van der Waals surface area contributed by atoms with Gasteiger partial charge in [0.25, 0.3) is 5.69 Å². The van der Waals surface area contributed by atoms with Crippen LogP contribution in [0, 0.1) is 10.1 Å². The number of nitro benzene ring substituents is 1. The zero-order chi connectivity index (χ0) is 15.8. The molecule has 112 valence electrons. The molecule has 0 radical (unpaired) electrons. The van der Waals surface area contributed by atoms with Crippen LogP contribution < -0.4 is 0 Å². The van der Waals surface area contributed by atoms with Gasteiger partial charge in [0.2, 0.25) is 0 Å². The van der Waals surface area contributed by atoms with Crippen molar-refractivity contribution in [3.8, 4) is 0 Å². The number of aromatic nitrogens is 1. The topological polar surface area (TPSA) is 85.2 Å². The molecule has 9 heteroatoms. The van der Waals surface area contributed by atoms with Crippen molar-refractivity contribution in [3.63, 3.8) is 0 Å². The third-order valence-corrected chi connectivity index (χ3v) is 2.76. The molecule has 0 unspecified atom stereocenters. The molecule has 0 amide bonds. The van der Waals surface area contributed by atoms with E-state index < -0.39 is 34.0 Å². The van der Waals surface area contributed by atoms with Crippen LogP contribution in [0.4, 0.5) is 18.9 Å². The molecule has 1 aromatic carbocycles. The van der Waals surface area contributed by atoms with E-state index in [-0.39, 0.29) is 17.5 Å². The Kier molecular flexibility index (Phi) is 3.58. The molecule has 0 bridgehead atoms. The zero-order valence-electron chi connectivity index (χ0n) is 10.7. The summed E-state index contributed by atoms with van der Waals surface area (Å²) in [5, 5.41) is 10.5. The number of hydrogen-bond acceptors (Lipinski definition) is 4. The van der Waals surface area contributed by atoms with Crippen molar-refractivity contribution in [1.29, 1.82) is 0 Å². The van der Waals surface area contributed by atoms with Crippen LogP contribution in [0.25, 0.3) is 10.9 Å². The zero-order valence-corrected chi connectivity index (χ0v) is 10.7. The summed E-state index contributed by atoms with van der Waals surface area (Å²) in [5.74, 6) is -1.18. The lowest BCUT2D eigenvalue weighted by molar-refractivity contribution is -0.384. The first kappa shape index (κ1) is 14.8. The highest BCUT2D eigenvalue weighted by Crippen LogP contribution is 2.37. The van der Waals surface area contributed by atoms with Gasteiger partial charge in [-0.3, -0.25) is 10.1 Å². The van der Waals surface area contributed by atoms with E-state index in [1.165, 1.54) is 6.92 Å². The lowest BCUT2D eigenvalue weighted by Crippen LogP contribution is -2.14. The molecule has 0 saturated heterocycles. The van der Waals surface area contributed by atoms with Gasteiger partial charge in [-0.15, -0.1) is 0 Å². The van der Waals surface area contributed by atoms with Gasteiger partial charge in [0, 0.05) is 23.0 Å². The van der Waals surface area contributed by atoms with Gasteiger partial charge in [0.05, 0.1) is 17.1 Å². The average Bonchev–Trinajstić information content (AvgIpc) is 2.77. The number of carbonyl (C=O) groups is 1. The van der Waals surface area contributed by atoms with E-state index in [4.69, 9.17) is 0 Å². The van der Waals surface area contributed by atoms with E-state index in [1.54, 1.807) is 0 Å². The number of hydrogen-bond donors (Lipinski definition) is 1. The molecule has 0 spiro atoms. The number of ether oxygens (including phenoxy) is 1. The van der Waals surface area contributed by atoms with Crippen molar-refractivity contribution in [2.45, 2.75) is 13.1 Å². The Morgan fingerprint density at radius 3 is 2.62 bits per heavy atom. The maximum Gasteiger partial charge on any atom is 0.432 e. The van der Waals surface area contributed by atoms with Crippen LogP contribution in [0.15, 0.2) is 18.2 Å². The Bertz CT molecular complexity index is 721. The molecule has 0 atom stereocenters. The second kappa shape index (κ2) is 5.08. The van der Waals surface area contributed by atoms with E-state index in [9.17, 15) is 28.1 Å². The number of fused-ring (bicyclic) bond motifs is 1. The molecule has 1 N–H and O–H groups in total. The number of nitrogens with one attached hydrogen (secondary N) is 1. The summed E-state index contributed by atoms with van der Waals surface area (Å²) >= 11 is 0. The molecule has 0 fully saturated rings. The van der Waals surface area contributed by atoms with Crippen LogP contribution in [0.1, 0.15) is 23.0 Å². The summed E-state index contributed by atoms with van der Waals surface area (Å²) in [6, 6.07) is 3.08. The molecule has 0 aliphatic rings. The number of H-pyrrole nitrogens is 1. The molecule has 2 rings (SSSR count). The first-order valence-corrected chi connectivity index (χ1v) is 5.80. The second-order valence-electron chi connectivity index (χ2n) is 4.08. The van der Waals surface area contributed by atoms with Crippen molar-refractivity contribution in [2.24, 2.45) is 0 Å². The Morgan fingerprint density at radius 2 is 2.10 bits per heavy atom. The summed E-state index contributed by atoms with van der Waals surface area (Å²) in [6.07, 6.45) is -4.81. The lowest BCUT2D eigenvalue weighted by Gasteiger charge is -2.07. The fourth-order valence-corrected chi connectivity index (χ4v) is 1.92. The number of halogens is 3. The standard InChI is InChI=1S/C12H9F3N2O4/c1-2-21-11(18)9-7-5-6(17(19)20)3-4-8(7)16-10(9)12(13,14)15/h3-5,16H,2H2,1H3. The highest BCUT2D eigenvalue weighted by molar-refractivity contribution is 6.06. The number of nitro groups is 1. The predicted octanol–water partition coefficient (Wildman–Crippen LogP) is 3.27. The summed E-state index contributed by atoms with van der Waals surface area (Å²) < 4.78 is 43.5. The molecule has 2 aromatic rings. The quantitative estimate of drug-likeness (QED) is 0.535. The van der Waals surface area contributed by atoms with Crippen LogP contribution in [-0.2, 0) is 10.9 Å². The van der Waals surface area contributed by atoms with Crippen LogP contribution in [0.3, 0.4) is 0 Å². The Morgan fingerprint density at radius 1 is 1.43 bits per heavy atom. The van der Waals surface area contributed by atoms with Gasteiger partial charge in [-0.1, -0.05) is 0 Å². The Balaban J connectivity index is 2.76. The van der Waals surface area contributed by atoms with Crippen molar-refractivity contribution < 1.29 is 27.6 Å². The highest BCUT2D eigenvalue weighted by Gasteiger charge is 2.39. The Hall–Kier alpha value is -2.58. The molecule has 1 heterocycles. The van der Waals surface area contributed by atoms with Gasteiger partial charge in [0.15, 0.2) is 0 Å². The van der Waals surface area contributed by atoms with Gasteiger partial charge in [-0.2, -0.15) is 13.2 Å². The van der Waals surface area contributed by atoms with E-state index in [0.29, 0.717) is 0 Å². The largest absolute Gasteiger partial charge is 0.462 e. The minimum Gasteiger partial charge on any atom is -0.462 e. The van der Waals surface area contributed by atoms with Crippen molar-refractivity contribution in [1.82, 2.24) is 4.98 Å². The van der Waals surface area contributed by atoms with Crippen LogP contribution >= 0.6 is 0 Å². The number of benzene rings is 1. The predicted molar refractivity (Wildman–Crippen MR) is 65.9 cm³/mol. The highest BCUT2D eigenvalue weighted by atomic mass is 19.4. The number of alkyl halides is 3. The lowest BCUT2D eigenvalue weighted by atomic mass is 10.1. The summed E-state index contributed by atoms with van der Waals surface area (Å²) in [4.78, 5) is 23.8. The van der Waals surface area contributed by atoms with Crippen LogP contribution in [-0.4, -0.2) is 22.5 Å². The Labute approximate surface area is 115 Å². The number of nitrogens with zero attached hydrogens (tertiary/aromatic N) is 1. The number of carbonyl (C=O) groups excluding carboxylic acids is 1. The molecule has 6 nitrogen and oxygen atoms in total. The normalized spacial score (nSPS) is 11.6. The van der Waals surface area contributed by atoms with Crippen molar-refractivity contribution >= 4 is 22.6 Å². The molecule has 21 heavy (non-hydrogen) atoms. The second-order valence-corrected chi connectivity index (χ2v) is 4.08. The molecule has 0 aliphatic heterocycles. The molecule has 1 aromatic heterocycles. The molecular formula is C12H9F3N2O4. The number of esters is 1. The maximum atomic E-state index is 13.0. The van der Waals surface area contributed by atoms with E-state index >= 15 is 0 Å². The van der Waals surface area contributed by atoms with Crippen molar-refractivity contribution in [2.75, 3.05) is 6.61 Å². The van der Waals surface area contributed by atoms with Crippen molar-refractivity contribution in [3.05, 3.63) is 39.6 Å². The van der Waals surface area contributed by atoms with Gasteiger partial charge in [0.1, 0.15) is 5.69 Å². The fourth-order valence-electron chi connectivity index (χ4n) is 1.92. The summed E-state index contributed by atoms with van der Waals surface area (Å²) in [6.45, 7) is 1.33. The first-order chi connectivity index (χ1) is 9.75. The summed E-state index contributed by atoms with van der Waals surface area (Å²) in [7, 11) is 0. The smallest absolute Gasteiger partial charge is 0.432 e. The number of non-ortho nitro benzene ring substituents is 1. The third-order valence-electron chi connectivity index (χ3n) is 2.76. The fraction of sp³-hybridized carbons (Fsp3) is 0.250. The maximum absolute atomic E-state index is 13.0. The first-order valence-electron chi connectivity index (χ1n) is 5.80. The van der Waals surface area contributed by atoms with Gasteiger partial charge in [-0.25, -0.2) is 4.79 Å². The SMILES string of the molecule is CCOC(=O)c1c(C(F)(F)F)[nH]c2ccc([N+](=O)[O-])cc12. The van der Waals surface area contributed by atoms with Crippen LogP contribution in [0.2, 0.25) is 0 Å². The number of rotatable bonds is 3. The van der Waals surface area contributed by atoms with Gasteiger partial charge >= 0.3 is 12.1 Å². The molecular weight excluding hydrogens is 293 g/mol. The van der Waals surface area contributed by atoms with Crippen LogP contribution in [0.5, 0.6) is 0 Å².